The molecule has 0 aromatic heterocycles. The topological polar surface area (TPSA) is 94.8 Å². The summed E-state index contributed by atoms with van der Waals surface area (Å²) in [6.07, 6.45) is 12.1. The smallest absolute Gasteiger partial charge is 0.303 e. The number of unbranched alkanes of at least 4 members (excludes halogenated alkanes) is 4. The molecular weight excluding hydrogens is 356 g/mol. The van der Waals surface area contributed by atoms with E-state index in [1.807, 2.05) is 6.08 Å². The number of aliphatic hydroxyl groups excluding tert-OH is 2. The highest BCUT2D eigenvalue weighted by Gasteiger charge is 2.31. The highest BCUT2D eigenvalue weighted by molar-refractivity contribution is 5.76. The van der Waals surface area contributed by atoms with Crippen molar-refractivity contribution >= 4 is 12.3 Å². The van der Waals surface area contributed by atoms with Crippen molar-refractivity contribution in [3.63, 3.8) is 0 Å². The number of carbonyl (C=O) groups is 2. The van der Waals surface area contributed by atoms with Crippen molar-refractivity contribution in [1.29, 1.82) is 0 Å². The fourth-order valence-electron chi connectivity index (χ4n) is 3.98. The molecule has 3 N–H and O–H groups in total. The third kappa shape index (κ3) is 9.16. The van der Waals surface area contributed by atoms with Crippen LogP contribution in [0.15, 0.2) is 23.3 Å². The second kappa shape index (κ2) is 13.7. The summed E-state index contributed by atoms with van der Waals surface area (Å²) in [7, 11) is 0. The lowest BCUT2D eigenvalue weighted by molar-refractivity contribution is -0.137. The highest BCUT2D eigenvalue weighted by atomic mass is 16.4. The van der Waals surface area contributed by atoms with Gasteiger partial charge in [0, 0.05) is 18.8 Å². The van der Waals surface area contributed by atoms with E-state index in [0.717, 1.165) is 50.4 Å². The summed E-state index contributed by atoms with van der Waals surface area (Å²) >= 11 is 0. The maximum Gasteiger partial charge on any atom is 0.303 e. The second-order valence-electron chi connectivity index (χ2n) is 8.21. The molecule has 160 valence electrons. The Morgan fingerprint density at radius 1 is 1.21 bits per heavy atom. The minimum atomic E-state index is -0.766. The average molecular weight is 395 g/mol. The Morgan fingerprint density at radius 2 is 1.93 bits per heavy atom. The normalized spacial score (nSPS) is 22.0. The van der Waals surface area contributed by atoms with Crippen LogP contribution in [-0.2, 0) is 9.59 Å². The molecule has 5 nitrogen and oxygen atoms in total. The number of hydrogen-bond donors (Lipinski definition) is 3. The third-order valence-electron chi connectivity index (χ3n) is 5.62. The average Bonchev–Trinajstić information content (AvgIpc) is 2.95. The molecule has 0 spiro atoms. The van der Waals surface area contributed by atoms with Crippen molar-refractivity contribution < 1.29 is 24.9 Å². The number of aldehydes is 1. The number of carboxylic acid groups (broad SMARTS) is 1. The second-order valence-corrected chi connectivity index (χ2v) is 8.21. The molecule has 1 aliphatic rings. The molecule has 28 heavy (non-hydrogen) atoms. The van der Waals surface area contributed by atoms with Gasteiger partial charge in [-0.2, -0.15) is 0 Å². The molecule has 0 radical (unpaired) electrons. The van der Waals surface area contributed by atoms with Crippen molar-refractivity contribution in [1.82, 2.24) is 0 Å². The molecule has 0 unspecified atom stereocenters. The van der Waals surface area contributed by atoms with E-state index < -0.39 is 18.2 Å². The Balaban J connectivity index is 2.55. The molecule has 0 fully saturated rings. The van der Waals surface area contributed by atoms with Gasteiger partial charge in [-0.1, -0.05) is 63.7 Å². The molecule has 0 aromatic carbocycles. The zero-order chi connectivity index (χ0) is 20.9. The molecule has 4 atom stereocenters. The molecule has 0 aromatic rings. The van der Waals surface area contributed by atoms with Crippen LogP contribution in [0.4, 0.5) is 0 Å². The van der Waals surface area contributed by atoms with Crippen LogP contribution in [0.1, 0.15) is 84.5 Å². The van der Waals surface area contributed by atoms with Gasteiger partial charge in [0.1, 0.15) is 6.29 Å². The van der Waals surface area contributed by atoms with E-state index in [0.29, 0.717) is 30.8 Å². The first-order chi connectivity index (χ1) is 13.4. The van der Waals surface area contributed by atoms with Crippen molar-refractivity contribution in [2.75, 3.05) is 0 Å². The molecule has 1 aliphatic carbocycles. The van der Waals surface area contributed by atoms with Gasteiger partial charge in [-0.05, 0) is 37.2 Å². The predicted molar refractivity (Wildman–Crippen MR) is 111 cm³/mol. The Kier molecular flexibility index (Phi) is 12.0. The van der Waals surface area contributed by atoms with Crippen LogP contribution in [0.3, 0.4) is 0 Å². The minimum Gasteiger partial charge on any atom is -0.481 e. The maximum atomic E-state index is 11.4. The summed E-state index contributed by atoms with van der Waals surface area (Å²) in [4.78, 5) is 21.9. The van der Waals surface area contributed by atoms with Crippen LogP contribution in [0, 0.1) is 11.8 Å². The van der Waals surface area contributed by atoms with E-state index in [-0.39, 0.29) is 12.3 Å². The zero-order valence-electron chi connectivity index (χ0n) is 17.5. The van der Waals surface area contributed by atoms with Gasteiger partial charge in [-0.15, -0.1) is 0 Å². The summed E-state index contributed by atoms with van der Waals surface area (Å²) in [5, 5.41) is 29.3. The number of rotatable bonds is 15. The Hall–Kier alpha value is -1.46. The number of hydrogen-bond acceptors (Lipinski definition) is 4. The van der Waals surface area contributed by atoms with E-state index in [9.17, 15) is 19.8 Å². The Labute approximate surface area is 169 Å². The molecule has 1 rings (SSSR count). The minimum absolute atomic E-state index is 0.195. The summed E-state index contributed by atoms with van der Waals surface area (Å²) in [6, 6.07) is 0. The number of carboxylic acids is 1. The monoisotopic (exact) mass is 394 g/mol. The maximum absolute atomic E-state index is 11.4. The molecule has 0 aliphatic heterocycles. The molecule has 5 heteroatoms. The quantitative estimate of drug-likeness (QED) is 0.217. The first-order valence-electron chi connectivity index (χ1n) is 10.8. The first kappa shape index (κ1) is 24.6. The van der Waals surface area contributed by atoms with Gasteiger partial charge in [0.25, 0.3) is 0 Å². The molecule has 0 bridgehead atoms. The molecular formula is C23H38O5. The number of carbonyl (C=O) groups excluding carboxylic acids is 1. The van der Waals surface area contributed by atoms with Gasteiger partial charge in [0.15, 0.2) is 0 Å². The molecule has 0 heterocycles. The van der Waals surface area contributed by atoms with E-state index in [2.05, 4.69) is 13.8 Å². The molecule has 0 saturated heterocycles. The van der Waals surface area contributed by atoms with Crippen molar-refractivity contribution in [3.8, 4) is 0 Å². The van der Waals surface area contributed by atoms with Crippen LogP contribution < -0.4 is 0 Å². The Morgan fingerprint density at radius 3 is 2.57 bits per heavy atom. The van der Waals surface area contributed by atoms with Crippen molar-refractivity contribution in [2.24, 2.45) is 11.8 Å². The lowest BCUT2D eigenvalue weighted by atomic mass is 9.91. The van der Waals surface area contributed by atoms with Gasteiger partial charge in [0.2, 0.25) is 0 Å². The van der Waals surface area contributed by atoms with Gasteiger partial charge in [-0.3, -0.25) is 9.59 Å². The highest BCUT2D eigenvalue weighted by Crippen LogP contribution is 2.36. The largest absolute Gasteiger partial charge is 0.481 e. The van der Waals surface area contributed by atoms with Gasteiger partial charge in [-0.25, -0.2) is 0 Å². The van der Waals surface area contributed by atoms with Crippen LogP contribution >= 0.6 is 0 Å². The van der Waals surface area contributed by atoms with E-state index in [1.165, 1.54) is 6.42 Å². The van der Waals surface area contributed by atoms with Crippen LogP contribution in [-0.4, -0.2) is 39.8 Å². The van der Waals surface area contributed by atoms with Crippen molar-refractivity contribution in [3.05, 3.63) is 23.3 Å². The predicted octanol–water partition coefficient (Wildman–Crippen LogP) is 4.42. The number of aliphatic hydroxyl groups is 2. The van der Waals surface area contributed by atoms with Crippen molar-refractivity contribution in [2.45, 2.75) is 96.7 Å². The van der Waals surface area contributed by atoms with Crippen LogP contribution in [0.5, 0.6) is 0 Å². The zero-order valence-corrected chi connectivity index (χ0v) is 17.5. The molecule has 0 amide bonds. The lowest BCUT2D eigenvalue weighted by Gasteiger charge is -2.17. The van der Waals surface area contributed by atoms with Gasteiger partial charge in [0.05, 0.1) is 12.2 Å². The first-order valence-corrected chi connectivity index (χ1v) is 10.8. The standard InChI is InChI=1S/C23H38O5/c1-3-4-9-17(2)14-19(25)12-13-21-20(18(16-24)15-22(21)26)10-7-5-6-8-11-23(27)28/h12-13,16-17,19,21-22,25-26H,3-11,14-15H2,1-2H3,(H,27,28)/b13-12+/t17-,19-,21-,22-/m1/s1. The summed E-state index contributed by atoms with van der Waals surface area (Å²) in [5.41, 5.74) is 1.65. The third-order valence-corrected chi connectivity index (χ3v) is 5.62. The Bertz CT molecular complexity index is 537. The molecule has 0 saturated carbocycles. The summed E-state index contributed by atoms with van der Waals surface area (Å²) < 4.78 is 0. The van der Waals surface area contributed by atoms with Gasteiger partial charge < -0.3 is 15.3 Å². The van der Waals surface area contributed by atoms with E-state index >= 15 is 0 Å². The van der Waals surface area contributed by atoms with Crippen LogP contribution in [0.25, 0.3) is 0 Å². The lowest BCUT2D eigenvalue weighted by Crippen LogP contribution is -2.16. The number of aliphatic carboxylic acids is 1. The SMILES string of the molecule is CCCC[C@@H](C)C[C@H](O)/C=C/[C@@H]1C(CCCCCCC(=O)O)=C(C=O)C[C@H]1O. The summed E-state index contributed by atoms with van der Waals surface area (Å²) in [5.74, 6) is -0.517. The fourth-order valence-corrected chi connectivity index (χ4v) is 3.98. The summed E-state index contributed by atoms with van der Waals surface area (Å²) in [6.45, 7) is 4.31. The van der Waals surface area contributed by atoms with E-state index in [1.54, 1.807) is 6.08 Å². The van der Waals surface area contributed by atoms with Crippen LogP contribution in [0.2, 0.25) is 0 Å². The van der Waals surface area contributed by atoms with E-state index in [4.69, 9.17) is 5.11 Å². The van der Waals surface area contributed by atoms with Gasteiger partial charge >= 0.3 is 5.97 Å². The fraction of sp³-hybridized carbons (Fsp3) is 0.739.